The molecule has 2 atom stereocenters. The largest absolute Gasteiger partial charge is 0.147 e. The number of thioether (sulfide) groups is 1. The zero-order chi connectivity index (χ0) is 24.1. The van der Waals surface area contributed by atoms with Crippen molar-refractivity contribution in [1.29, 1.82) is 0 Å². The molecule has 1 aliphatic rings. The van der Waals surface area contributed by atoms with Crippen molar-refractivity contribution in [3.63, 3.8) is 0 Å². The van der Waals surface area contributed by atoms with Crippen molar-refractivity contribution in [3.05, 3.63) is 128 Å². The van der Waals surface area contributed by atoms with E-state index in [-0.39, 0.29) is 9.49 Å². The lowest BCUT2D eigenvalue weighted by Gasteiger charge is -2.37. The first-order valence-corrected chi connectivity index (χ1v) is 15.5. The van der Waals surface area contributed by atoms with E-state index >= 15 is 0 Å². The van der Waals surface area contributed by atoms with E-state index in [1.165, 1.54) is 46.6 Å². The van der Waals surface area contributed by atoms with E-state index in [1.54, 1.807) is 11.1 Å². The summed E-state index contributed by atoms with van der Waals surface area (Å²) in [6, 6.07) is 31.9. The Morgan fingerprint density at radius 1 is 0.543 bits per heavy atom. The highest BCUT2D eigenvalue weighted by Gasteiger charge is 2.57. The van der Waals surface area contributed by atoms with E-state index in [0.717, 1.165) is 12.8 Å². The lowest BCUT2D eigenvalue weighted by atomic mass is 9.76. The van der Waals surface area contributed by atoms with Gasteiger partial charge in [-0.1, -0.05) is 99.5 Å². The fourth-order valence-corrected chi connectivity index (χ4v) is 9.87. The molecule has 3 heterocycles. The van der Waals surface area contributed by atoms with Gasteiger partial charge in [0.25, 0.3) is 0 Å². The SMILES string of the molecule is CCCCC1=C(CCCC)C(c2ccccc2)(c2cccs2)SC1(c1ccccc1)c1cccs1. The van der Waals surface area contributed by atoms with Crippen molar-refractivity contribution in [3.8, 4) is 0 Å². The van der Waals surface area contributed by atoms with Crippen LogP contribution in [0.4, 0.5) is 0 Å². The summed E-state index contributed by atoms with van der Waals surface area (Å²) < 4.78 is -0.346. The van der Waals surface area contributed by atoms with Gasteiger partial charge in [0.05, 0.1) is 9.49 Å². The van der Waals surface area contributed by atoms with Crippen molar-refractivity contribution >= 4 is 34.4 Å². The number of hydrogen-bond acceptors (Lipinski definition) is 3. The smallest absolute Gasteiger partial charge is 0.0978 e. The molecule has 3 heteroatoms. The van der Waals surface area contributed by atoms with Gasteiger partial charge in [0.1, 0.15) is 0 Å². The maximum absolute atomic E-state index is 2.38. The first-order chi connectivity index (χ1) is 17.3. The monoisotopic (exact) mass is 514 g/mol. The zero-order valence-corrected chi connectivity index (χ0v) is 23.2. The predicted octanol–water partition coefficient (Wildman–Crippen LogP) is 10.4. The Labute approximate surface area is 223 Å². The third-order valence-corrected chi connectivity index (χ3v) is 11.4. The first-order valence-electron chi connectivity index (χ1n) is 12.9. The molecule has 2 unspecified atom stereocenters. The van der Waals surface area contributed by atoms with Crippen LogP contribution < -0.4 is 0 Å². The molecule has 1 aliphatic heterocycles. The lowest BCUT2D eigenvalue weighted by molar-refractivity contribution is 0.682. The number of unbranched alkanes of at least 4 members (excludes halogenated alkanes) is 2. The highest BCUT2D eigenvalue weighted by atomic mass is 32.2. The first kappa shape index (κ1) is 24.6. The zero-order valence-electron chi connectivity index (χ0n) is 20.7. The second kappa shape index (κ2) is 10.9. The molecule has 0 spiro atoms. The summed E-state index contributed by atoms with van der Waals surface area (Å²) in [6.45, 7) is 4.65. The Balaban J connectivity index is 1.88. The van der Waals surface area contributed by atoms with Crippen molar-refractivity contribution in [2.75, 3.05) is 0 Å². The van der Waals surface area contributed by atoms with Gasteiger partial charge in [-0.15, -0.1) is 34.4 Å². The summed E-state index contributed by atoms with van der Waals surface area (Å²) in [5, 5.41) is 4.52. The molecule has 0 amide bonds. The van der Waals surface area contributed by atoms with E-state index in [9.17, 15) is 0 Å². The molecule has 2 aromatic heterocycles. The Hall–Kier alpha value is -2.07. The van der Waals surface area contributed by atoms with Gasteiger partial charge >= 0.3 is 0 Å². The van der Waals surface area contributed by atoms with Gasteiger partial charge in [0.15, 0.2) is 0 Å². The van der Waals surface area contributed by atoms with Gasteiger partial charge in [0.2, 0.25) is 0 Å². The molecule has 0 nitrogen and oxygen atoms in total. The fourth-order valence-electron chi connectivity index (χ4n) is 5.59. The van der Waals surface area contributed by atoms with Gasteiger partial charge in [-0.3, -0.25) is 0 Å². The molecule has 0 aliphatic carbocycles. The quantitative estimate of drug-likeness (QED) is 0.190. The second-order valence-corrected chi connectivity index (χ2v) is 12.6. The second-order valence-electron chi connectivity index (χ2n) is 9.32. The van der Waals surface area contributed by atoms with Crippen LogP contribution in [0, 0.1) is 0 Å². The molecule has 0 radical (unpaired) electrons. The van der Waals surface area contributed by atoms with Crippen LogP contribution in [-0.2, 0) is 9.49 Å². The third-order valence-electron chi connectivity index (χ3n) is 7.18. The molecule has 0 saturated heterocycles. The van der Waals surface area contributed by atoms with E-state index in [2.05, 4.69) is 121 Å². The summed E-state index contributed by atoms with van der Waals surface area (Å²) in [6.07, 6.45) is 7.16. The fraction of sp³-hybridized carbons (Fsp3) is 0.312. The van der Waals surface area contributed by atoms with Crippen LogP contribution in [0.15, 0.2) is 107 Å². The van der Waals surface area contributed by atoms with Gasteiger partial charge in [-0.2, -0.15) is 0 Å². The topological polar surface area (TPSA) is 0 Å². The average Bonchev–Trinajstić information content (AvgIpc) is 3.68. The van der Waals surface area contributed by atoms with Gasteiger partial charge < -0.3 is 0 Å². The van der Waals surface area contributed by atoms with Crippen LogP contribution in [0.3, 0.4) is 0 Å². The van der Waals surface area contributed by atoms with Gasteiger partial charge in [-0.25, -0.2) is 0 Å². The van der Waals surface area contributed by atoms with E-state index in [1.807, 2.05) is 22.7 Å². The molecule has 0 N–H and O–H groups in total. The van der Waals surface area contributed by atoms with Crippen LogP contribution in [0.5, 0.6) is 0 Å². The summed E-state index contributed by atoms with van der Waals surface area (Å²) in [7, 11) is 0. The predicted molar refractivity (Wildman–Crippen MR) is 157 cm³/mol. The Morgan fingerprint density at radius 2 is 0.971 bits per heavy atom. The number of rotatable bonds is 10. The molecule has 0 fully saturated rings. The molecule has 5 rings (SSSR count). The third kappa shape index (κ3) is 4.26. The molecule has 180 valence electrons. The van der Waals surface area contributed by atoms with Gasteiger partial charge in [-0.05, 0) is 70.8 Å². The molecule has 0 saturated carbocycles. The summed E-state index contributed by atoms with van der Waals surface area (Å²) >= 11 is 6.03. The average molecular weight is 515 g/mol. The number of benzene rings is 2. The van der Waals surface area contributed by atoms with E-state index < -0.39 is 0 Å². The summed E-state index contributed by atoms with van der Waals surface area (Å²) in [4.78, 5) is 2.92. The van der Waals surface area contributed by atoms with Crippen LogP contribution in [-0.4, -0.2) is 0 Å². The van der Waals surface area contributed by atoms with Crippen LogP contribution >= 0.6 is 34.4 Å². The Bertz CT molecular complexity index is 1120. The van der Waals surface area contributed by atoms with Crippen LogP contribution in [0.1, 0.15) is 73.3 Å². The molecule has 4 aromatic rings. The van der Waals surface area contributed by atoms with Crippen LogP contribution in [0.25, 0.3) is 0 Å². The normalized spacial score (nSPS) is 22.1. The number of hydrogen-bond donors (Lipinski definition) is 0. The Kier molecular flexibility index (Phi) is 7.67. The Morgan fingerprint density at radius 3 is 1.31 bits per heavy atom. The molecule has 35 heavy (non-hydrogen) atoms. The lowest BCUT2D eigenvalue weighted by Crippen LogP contribution is -2.27. The van der Waals surface area contributed by atoms with Gasteiger partial charge in [0, 0.05) is 9.75 Å². The van der Waals surface area contributed by atoms with Crippen molar-refractivity contribution in [2.24, 2.45) is 0 Å². The molecular weight excluding hydrogens is 481 g/mol. The minimum Gasteiger partial charge on any atom is -0.147 e. The highest BCUT2D eigenvalue weighted by molar-refractivity contribution is 8.02. The van der Waals surface area contributed by atoms with E-state index in [0.29, 0.717) is 0 Å². The van der Waals surface area contributed by atoms with Crippen LogP contribution in [0.2, 0.25) is 0 Å². The van der Waals surface area contributed by atoms with E-state index in [4.69, 9.17) is 0 Å². The molecule has 2 aromatic carbocycles. The summed E-state index contributed by atoms with van der Waals surface area (Å²) in [5.74, 6) is 0. The van der Waals surface area contributed by atoms with Crippen molar-refractivity contribution < 1.29 is 0 Å². The molecule has 0 bridgehead atoms. The minimum absolute atomic E-state index is 0.173. The standard InChI is InChI=1S/C32H34S3/c1-3-5-19-27-28(20-6-4-2)32(30-22-14-24-34-30,26-17-11-8-12-18-26)35-31(27,29-21-13-23-33-29)25-15-9-7-10-16-25/h7-18,21-24H,3-6,19-20H2,1-2H3. The minimum atomic E-state index is -0.173. The number of thiophene rings is 2. The maximum Gasteiger partial charge on any atom is 0.0978 e. The van der Waals surface area contributed by atoms with Crippen molar-refractivity contribution in [2.45, 2.75) is 61.9 Å². The maximum atomic E-state index is 2.38. The van der Waals surface area contributed by atoms with Crippen molar-refractivity contribution in [1.82, 2.24) is 0 Å². The summed E-state index contributed by atoms with van der Waals surface area (Å²) in [5.41, 5.74) is 6.15. The molecular formula is C32H34S3. The highest BCUT2D eigenvalue weighted by Crippen LogP contribution is 2.70.